The van der Waals surface area contributed by atoms with Crippen molar-refractivity contribution in [3.8, 4) is 22.2 Å². The maximum atomic E-state index is 13.8. The highest BCUT2D eigenvalue weighted by Crippen LogP contribution is 2.32. The molecule has 2 amide bonds. The number of urea groups is 1. The first-order valence-electron chi connectivity index (χ1n) is 10.5. The highest BCUT2D eigenvalue weighted by atomic mass is 32.1. The predicted octanol–water partition coefficient (Wildman–Crippen LogP) is 6.63. The lowest BCUT2D eigenvalue weighted by Gasteiger charge is -2.11. The van der Waals surface area contributed by atoms with Crippen LogP contribution in [0.2, 0.25) is 0 Å². The molecule has 2 heterocycles. The lowest BCUT2D eigenvalue weighted by molar-refractivity contribution is -0.137. The van der Waals surface area contributed by atoms with Gasteiger partial charge in [0.2, 0.25) is 0 Å². The Hall–Kier alpha value is -4.26. The van der Waals surface area contributed by atoms with Crippen LogP contribution in [0.25, 0.3) is 10.4 Å². The zero-order valence-electron chi connectivity index (χ0n) is 18.6. The van der Waals surface area contributed by atoms with E-state index in [0.717, 1.165) is 22.1 Å². The molecular weight excluding hydrogens is 500 g/mol. The highest BCUT2D eigenvalue weighted by molar-refractivity contribution is 7.18. The average molecular weight is 518 g/mol. The molecule has 0 aliphatic rings. The van der Waals surface area contributed by atoms with Gasteiger partial charge in [0, 0.05) is 12.7 Å². The molecule has 2 aromatic carbocycles. The van der Waals surface area contributed by atoms with Gasteiger partial charge in [-0.25, -0.2) is 24.1 Å². The molecule has 3 N–H and O–H groups in total. The number of ether oxygens (including phenoxy) is 1. The third kappa shape index (κ3) is 6.24. The van der Waals surface area contributed by atoms with Crippen molar-refractivity contribution in [2.75, 3.05) is 22.5 Å². The third-order valence-electron chi connectivity index (χ3n) is 4.61. The minimum Gasteiger partial charge on any atom is -0.424 e. The number of nitrogens with one attached hydrogen (secondary N) is 3. The van der Waals surface area contributed by atoms with Crippen LogP contribution in [0.4, 0.5) is 38.9 Å². The molecular formula is C23H18F4N6O2S. The standard InChI is InChI=1S/C23H18F4N6O2S/c1-2-28-22-31-12-19(36-22)13-3-6-16(7-4-13)35-21-29-10-15(11-30-21)32-20(34)33-18-9-14(23(25,26)27)5-8-17(18)24/h3-12H,2H2,1H3,(H,28,31)(H2,32,33,34). The van der Waals surface area contributed by atoms with Gasteiger partial charge < -0.3 is 20.7 Å². The zero-order valence-corrected chi connectivity index (χ0v) is 19.4. The molecule has 2 aromatic heterocycles. The Kier molecular flexibility index (Phi) is 7.29. The van der Waals surface area contributed by atoms with Crippen LogP contribution in [0.1, 0.15) is 12.5 Å². The van der Waals surface area contributed by atoms with E-state index in [1.54, 1.807) is 18.3 Å². The number of aromatic nitrogens is 3. The molecule has 8 nitrogen and oxygen atoms in total. The molecule has 0 atom stereocenters. The normalized spacial score (nSPS) is 11.1. The minimum atomic E-state index is -4.68. The summed E-state index contributed by atoms with van der Waals surface area (Å²) in [5, 5.41) is 8.34. The summed E-state index contributed by atoms with van der Waals surface area (Å²) < 4.78 is 57.9. The number of carbonyl (C=O) groups is 1. The number of amides is 2. The van der Waals surface area contributed by atoms with Crippen LogP contribution in [0.5, 0.6) is 11.8 Å². The molecule has 186 valence electrons. The molecule has 0 saturated carbocycles. The molecule has 4 rings (SSSR count). The maximum absolute atomic E-state index is 13.8. The van der Waals surface area contributed by atoms with Crippen molar-refractivity contribution in [1.82, 2.24) is 15.0 Å². The fourth-order valence-electron chi connectivity index (χ4n) is 2.95. The van der Waals surface area contributed by atoms with E-state index < -0.39 is 29.3 Å². The lowest BCUT2D eigenvalue weighted by atomic mass is 10.2. The van der Waals surface area contributed by atoms with Crippen LogP contribution >= 0.6 is 11.3 Å². The van der Waals surface area contributed by atoms with Crippen molar-refractivity contribution in [2.24, 2.45) is 0 Å². The average Bonchev–Trinajstić information content (AvgIpc) is 3.30. The summed E-state index contributed by atoms with van der Waals surface area (Å²) in [7, 11) is 0. The van der Waals surface area contributed by atoms with Crippen molar-refractivity contribution in [2.45, 2.75) is 13.1 Å². The molecule has 0 saturated heterocycles. The Morgan fingerprint density at radius 2 is 1.72 bits per heavy atom. The molecule has 0 aliphatic heterocycles. The van der Waals surface area contributed by atoms with E-state index >= 15 is 0 Å². The summed E-state index contributed by atoms with van der Waals surface area (Å²) in [4.78, 5) is 25.4. The summed E-state index contributed by atoms with van der Waals surface area (Å²) in [5.41, 5.74) is -0.637. The van der Waals surface area contributed by atoms with Crippen LogP contribution in [-0.2, 0) is 6.18 Å². The zero-order chi connectivity index (χ0) is 25.7. The van der Waals surface area contributed by atoms with Gasteiger partial charge in [-0.1, -0.05) is 11.3 Å². The number of thiazole rings is 1. The van der Waals surface area contributed by atoms with E-state index in [0.29, 0.717) is 23.9 Å². The lowest BCUT2D eigenvalue weighted by Crippen LogP contribution is -2.21. The number of alkyl halides is 3. The van der Waals surface area contributed by atoms with Gasteiger partial charge in [0.1, 0.15) is 11.6 Å². The number of benzene rings is 2. The topological polar surface area (TPSA) is 101 Å². The fraction of sp³-hybridized carbons (Fsp3) is 0.130. The molecule has 4 aromatic rings. The highest BCUT2D eigenvalue weighted by Gasteiger charge is 2.31. The summed E-state index contributed by atoms with van der Waals surface area (Å²) in [6.45, 7) is 2.78. The SMILES string of the molecule is CCNc1ncc(-c2ccc(Oc3ncc(NC(=O)Nc4cc(C(F)(F)F)ccc4F)cn3)cc2)s1. The first-order valence-corrected chi connectivity index (χ1v) is 11.3. The van der Waals surface area contributed by atoms with Crippen LogP contribution in [0, 0.1) is 5.82 Å². The van der Waals surface area contributed by atoms with Gasteiger partial charge in [-0.15, -0.1) is 0 Å². The van der Waals surface area contributed by atoms with Crippen molar-refractivity contribution >= 4 is 33.9 Å². The van der Waals surface area contributed by atoms with Crippen molar-refractivity contribution in [3.05, 3.63) is 72.4 Å². The van der Waals surface area contributed by atoms with E-state index in [1.807, 2.05) is 24.4 Å². The Morgan fingerprint density at radius 3 is 2.39 bits per heavy atom. The number of rotatable bonds is 7. The predicted molar refractivity (Wildman–Crippen MR) is 128 cm³/mol. The van der Waals surface area contributed by atoms with Gasteiger partial charge in [-0.2, -0.15) is 13.2 Å². The first-order chi connectivity index (χ1) is 17.2. The Morgan fingerprint density at radius 1 is 1.00 bits per heavy atom. The van der Waals surface area contributed by atoms with Gasteiger partial charge in [0.25, 0.3) is 0 Å². The van der Waals surface area contributed by atoms with Crippen molar-refractivity contribution in [3.63, 3.8) is 0 Å². The first kappa shape index (κ1) is 24.9. The van der Waals surface area contributed by atoms with E-state index in [-0.39, 0.29) is 11.7 Å². The van der Waals surface area contributed by atoms with E-state index in [9.17, 15) is 22.4 Å². The maximum Gasteiger partial charge on any atom is 0.416 e. The van der Waals surface area contributed by atoms with Gasteiger partial charge >= 0.3 is 18.2 Å². The molecule has 13 heteroatoms. The molecule has 36 heavy (non-hydrogen) atoms. The van der Waals surface area contributed by atoms with E-state index in [1.165, 1.54) is 23.7 Å². The quantitative estimate of drug-likeness (QED) is 0.238. The van der Waals surface area contributed by atoms with Crippen molar-refractivity contribution < 1.29 is 27.1 Å². The molecule has 0 bridgehead atoms. The number of nitrogens with zero attached hydrogens (tertiary/aromatic N) is 3. The molecule has 0 spiro atoms. The largest absolute Gasteiger partial charge is 0.424 e. The van der Waals surface area contributed by atoms with Crippen molar-refractivity contribution in [1.29, 1.82) is 0 Å². The summed E-state index contributed by atoms with van der Waals surface area (Å²) in [6, 6.07) is 7.97. The second kappa shape index (κ2) is 10.6. The summed E-state index contributed by atoms with van der Waals surface area (Å²) in [6.07, 6.45) is -0.428. The van der Waals surface area contributed by atoms with Gasteiger partial charge in [-0.3, -0.25) is 0 Å². The second-order valence-electron chi connectivity index (χ2n) is 7.21. The number of hydrogen-bond donors (Lipinski definition) is 3. The molecule has 0 unspecified atom stereocenters. The summed E-state index contributed by atoms with van der Waals surface area (Å²) in [5.74, 6) is -0.536. The van der Waals surface area contributed by atoms with Crippen LogP contribution < -0.4 is 20.7 Å². The fourth-order valence-corrected chi connectivity index (χ4v) is 3.84. The molecule has 0 radical (unpaired) electrons. The Bertz CT molecular complexity index is 1340. The van der Waals surface area contributed by atoms with Gasteiger partial charge in [-0.05, 0) is 55.0 Å². The van der Waals surface area contributed by atoms with Crippen LogP contribution in [0.15, 0.2) is 61.1 Å². The van der Waals surface area contributed by atoms with Crippen LogP contribution in [-0.4, -0.2) is 27.5 Å². The Balaban J connectivity index is 1.35. The Labute approximate surface area is 206 Å². The number of carbonyl (C=O) groups excluding carboxylic acids is 1. The minimum absolute atomic E-state index is 0.00449. The molecule has 0 aliphatic carbocycles. The number of hydrogen-bond acceptors (Lipinski definition) is 7. The van der Waals surface area contributed by atoms with Crippen LogP contribution in [0.3, 0.4) is 0 Å². The second-order valence-corrected chi connectivity index (χ2v) is 8.24. The number of anilines is 3. The van der Waals surface area contributed by atoms with E-state index in [4.69, 9.17) is 4.74 Å². The smallest absolute Gasteiger partial charge is 0.416 e. The summed E-state index contributed by atoms with van der Waals surface area (Å²) >= 11 is 1.53. The van der Waals surface area contributed by atoms with Gasteiger partial charge in [0.15, 0.2) is 5.13 Å². The third-order valence-corrected chi connectivity index (χ3v) is 5.61. The monoisotopic (exact) mass is 518 g/mol. The van der Waals surface area contributed by atoms with E-state index in [2.05, 4.69) is 25.6 Å². The number of halogens is 4. The molecule has 0 fully saturated rings. The van der Waals surface area contributed by atoms with Gasteiger partial charge in [0.05, 0.1) is 34.2 Å².